The first-order valence-corrected chi connectivity index (χ1v) is 13.2. The van der Waals surface area contributed by atoms with Gasteiger partial charge in [0, 0.05) is 57.5 Å². The summed E-state index contributed by atoms with van der Waals surface area (Å²) >= 11 is 0. The van der Waals surface area contributed by atoms with Crippen molar-refractivity contribution >= 4 is 17.6 Å². The third-order valence-electron chi connectivity index (χ3n) is 8.08. The van der Waals surface area contributed by atoms with Crippen LogP contribution >= 0.6 is 0 Å². The summed E-state index contributed by atoms with van der Waals surface area (Å²) in [6.45, 7) is -0.313. The van der Waals surface area contributed by atoms with Crippen molar-refractivity contribution in [3.63, 3.8) is 0 Å². The summed E-state index contributed by atoms with van der Waals surface area (Å²) in [6, 6.07) is 1.60. The van der Waals surface area contributed by atoms with Crippen LogP contribution in [0.2, 0.25) is 0 Å². The van der Waals surface area contributed by atoms with Gasteiger partial charge >= 0.3 is 18.4 Å². The lowest BCUT2D eigenvalue weighted by atomic mass is 9.86. The Hall–Kier alpha value is -3.52. The van der Waals surface area contributed by atoms with Crippen LogP contribution in [0.1, 0.15) is 48.3 Å². The zero-order valence-electron chi connectivity index (χ0n) is 22.9. The van der Waals surface area contributed by atoms with E-state index >= 15 is 0 Å². The van der Waals surface area contributed by atoms with Gasteiger partial charge in [-0.25, -0.2) is 22.4 Å². The SMILES string of the molecule is CN(C(=O)N(C)[C@@H]1CN(C(=O)C2CCC(F)(F)CC2)C[C@H]1c1ccc(F)c(F)c1)c1cc(C(F)(F)F)cc(C(F)(F)F)c1. The highest BCUT2D eigenvalue weighted by Gasteiger charge is 2.45. The van der Waals surface area contributed by atoms with E-state index in [1.807, 2.05) is 0 Å². The van der Waals surface area contributed by atoms with Gasteiger partial charge in [0.25, 0.3) is 0 Å². The molecule has 236 valence electrons. The first-order chi connectivity index (χ1) is 19.8. The number of halogens is 10. The number of likely N-dealkylation sites (tertiary alicyclic amines) is 1. The van der Waals surface area contributed by atoms with E-state index in [4.69, 9.17) is 0 Å². The molecule has 2 aromatic carbocycles. The number of hydrogen-bond donors (Lipinski definition) is 0. The summed E-state index contributed by atoms with van der Waals surface area (Å²) in [5.41, 5.74) is -3.79. The molecule has 1 heterocycles. The Labute approximate surface area is 240 Å². The van der Waals surface area contributed by atoms with Crippen LogP contribution < -0.4 is 4.90 Å². The van der Waals surface area contributed by atoms with Gasteiger partial charge in [-0.15, -0.1) is 0 Å². The van der Waals surface area contributed by atoms with Gasteiger partial charge in [0.15, 0.2) is 11.6 Å². The van der Waals surface area contributed by atoms with Crippen molar-refractivity contribution < 1.29 is 53.5 Å². The molecule has 0 N–H and O–H groups in total. The van der Waals surface area contributed by atoms with Gasteiger partial charge in [0.1, 0.15) is 0 Å². The molecule has 0 bridgehead atoms. The fraction of sp³-hybridized carbons (Fsp3) is 0.500. The molecule has 2 fully saturated rings. The molecule has 15 heteroatoms. The van der Waals surface area contributed by atoms with Crippen LogP contribution in [0.15, 0.2) is 36.4 Å². The zero-order valence-corrected chi connectivity index (χ0v) is 22.9. The number of hydrogen-bond acceptors (Lipinski definition) is 2. The average molecular weight is 628 g/mol. The van der Waals surface area contributed by atoms with E-state index in [1.54, 1.807) is 0 Å². The maximum atomic E-state index is 14.2. The molecule has 0 radical (unpaired) electrons. The third kappa shape index (κ3) is 7.01. The number of anilines is 1. The summed E-state index contributed by atoms with van der Waals surface area (Å²) in [5.74, 6) is -7.34. The van der Waals surface area contributed by atoms with Crippen molar-refractivity contribution in [1.29, 1.82) is 0 Å². The molecule has 1 saturated heterocycles. The topological polar surface area (TPSA) is 43.9 Å². The molecule has 0 aromatic heterocycles. The number of rotatable bonds is 4. The molecule has 43 heavy (non-hydrogen) atoms. The number of amides is 3. The van der Waals surface area contributed by atoms with Crippen molar-refractivity contribution in [3.8, 4) is 0 Å². The maximum absolute atomic E-state index is 14.2. The van der Waals surface area contributed by atoms with E-state index in [9.17, 15) is 53.5 Å². The number of likely N-dealkylation sites (N-methyl/N-ethyl adjacent to an activating group) is 1. The van der Waals surface area contributed by atoms with E-state index < -0.39 is 89.4 Å². The van der Waals surface area contributed by atoms with E-state index in [1.165, 1.54) is 18.0 Å². The molecule has 2 atom stereocenters. The first-order valence-electron chi connectivity index (χ1n) is 13.2. The lowest BCUT2D eigenvalue weighted by Crippen LogP contribution is -2.48. The molecule has 0 spiro atoms. The minimum absolute atomic E-state index is 0.0771. The minimum Gasteiger partial charge on any atom is -0.340 e. The van der Waals surface area contributed by atoms with Gasteiger partial charge in [0.05, 0.1) is 17.2 Å². The van der Waals surface area contributed by atoms with E-state index in [0.717, 1.165) is 24.1 Å². The van der Waals surface area contributed by atoms with Crippen molar-refractivity contribution in [2.45, 2.75) is 55.9 Å². The minimum atomic E-state index is -5.15. The Balaban J connectivity index is 1.64. The molecule has 4 rings (SSSR count). The lowest BCUT2D eigenvalue weighted by molar-refractivity contribution is -0.143. The quantitative estimate of drug-likeness (QED) is 0.334. The van der Waals surface area contributed by atoms with Gasteiger partial charge in [0.2, 0.25) is 11.8 Å². The molecular formula is C28H27F10N3O2. The molecule has 1 aliphatic carbocycles. The smallest absolute Gasteiger partial charge is 0.340 e. The van der Waals surface area contributed by atoms with Crippen molar-refractivity contribution in [2.75, 3.05) is 32.1 Å². The monoisotopic (exact) mass is 627 g/mol. The van der Waals surface area contributed by atoms with E-state index in [2.05, 4.69) is 0 Å². The fourth-order valence-electron chi connectivity index (χ4n) is 5.60. The largest absolute Gasteiger partial charge is 0.416 e. The van der Waals surface area contributed by atoms with Crippen LogP contribution in [-0.4, -0.2) is 60.9 Å². The summed E-state index contributed by atoms with van der Waals surface area (Å²) < 4.78 is 136. The molecule has 2 aliphatic rings. The predicted octanol–water partition coefficient (Wildman–Crippen LogP) is 7.31. The Bertz CT molecular complexity index is 1340. The van der Waals surface area contributed by atoms with Crippen molar-refractivity contribution in [3.05, 3.63) is 64.7 Å². The molecule has 3 amide bonds. The Morgan fingerprint density at radius 3 is 1.91 bits per heavy atom. The predicted molar refractivity (Wildman–Crippen MR) is 134 cm³/mol. The third-order valence-corrected chi connectivity index (χ3v) is 8.08. The number of benzene rings is 2. The van der Waals surface area contributed by atoms with Gasteiger partial charge in [-0.1, -0.05) is 6.07 Å². The van der Waals surface area contributed by atoms with Crippen LogP contribution in [0.3, 0.4) is 0 Å². The molecule has 5 nitrogen and oxygen atoms in total. The number of alkyl halides is 8. The number of carbonyl (C=O) groups is 2. The molecule has 0 unspecified atom stereocenters. The van der Waals surface area contributed by atoms with Crippen molar-refractivity contribution in [1.82, 2.24) is 9.80 Å². The van der Waals surface area contributed by atoms with E-state index in [-0.39, 0.29) is 37.6 Å². The summed E-state index contributed by atoms with van der Waals surface area (Å²) in [4.78, 5) is 29.6. The second-order valence-electron chi connectivity index (χ2n) is 10.9. The highest BCUT2D eigenvalue weighted by Crippen LogP contribution is 2.41. The Morgan fingerprint density at radius 1 is 0.837 bits per heavy atom. The molecular weight excluding hydrogens is 600 g/mol. The first kappa shape index (κ1) is 32.4. The Kier molecular flexibility index (Phi) is 8.68. The summed E-state index contributed by atoms with van der Waals surface area (Å²) in [6.07, 6.45) is -11.5. The summed E-state index contributed by atoms with van der Waals surface area (Å²) in [7, 11) is 2.19. The van der Waals surface area contributed by atoms with Crippen LogP contribution in [0.4, 0.5) is 54.4 Å². The number of carbonyl (C=O) groups excluding carboxylic acids is 2. The zero-order chi connectivity index (χ0) is 32.1. The van der Waals surface area contributed by atoms with Gasteiger partial charge < -0.3 is 9.80 Å². The highest BCUT2D eigenvalue weighted by atomic mass is 19.4. The molecule has 1 aliphatic heterocycles. The van der Waals surface area contributed by atoms with Gasteiger partial charge in [-0.2, -0.15) is 26.3 Å². The van der Waals surface area contributed by atoms with Crippen LogP contribution in [0, 0.1) is 17.6 Å². The van der Waals surface area contributed by atoms with E-state index in [0.29, 0.717) is 17.0 Å². The number of nitrogens with zero attached hydrogens (tertiary/aromatic N) is 3. The standard InChI is InChI=1S/C28H27F10N3O2/c1-39(19-11-17(27(33,34)35)10-18(12-19)28(36,37)38)25(43)40(2)23-14-41(24(42)15-5-7-26(31,32)8-6-15)13-20(23)16-3-4-21(29)22(30)9-16/h3-4,9-12,15,20,23H,5-8,13-14H2,1-2H3/t20-,23+/m0/s1. The molecule has 2 aromatic rings. The van der Waals surface area contributed by atoms with Crippen LogP contribution in [-0.2, 0) is 17.1 Å². The van der Waals surface area contributed by atoms with Gasteiger partial charge in [-0.3, -0.25) is 9.69 Å². The normalized spacial score (nSPS) is 21.2. The second-order valence-corrected chi connectivity index (χ2v) is 10.9. The lowest BCUT2D eigenvalue weighted by Gasteiger charge is -2.33. The van der Waals surface area contributed by atoms with Crippen LogP contribution in [0.5, 0.6) is 0 Å². The summed E-state index contributed by atoms with van der Waals surface area (Å²) in [5, 5.41) is 0. The highest BCUT2D eigenvalue weighted by molar-refractivity contribution is 5.92. The second kappa shape index (κ2) is 11.5. The maximum Gasteiger partial charge on any atom is 0.416 e. The van der Waals surface area contributed by atoms with Crippen LogP contribution in [0.25, 0.3) is 0 Å². The average Bonchev–Trinajstić information content (AvgIpc) is 3.37. The fourth-order valence-corrected chi connectivity index (χ4v) is 5.60. The number of urea groups is 1. The van der Waals surface area contributed by atoms with Gasteiger partial charge in [-0.05, 0) is 48.7 Å². The molecule has 1 saturated carbocycles. The Morgan fingerprint density at radius 2 is 1.40 bits per heavy atom. The van der Waals surface area contributed by atoms with Crippen molar-refractivity contribution in [2.24, 2.45) is 5.92 Å².